The van der Waals surface area contributed by atoms with Crippen LogP contribution in [0.4, 0.5) is 0 Å². The third-order valence-corrected chi connectivity index (χ3v) is 6.16. The third-order valence-electron chi connectivity index (χ3n) is 5.63. The standard InChI is InChI=1S/C23H23BrN2O5/c24-17-5-1-16(2-6-17)21(28)19-20(15-3-7-18(27)8-4-15)26(23(30)22(19)29)10-9-25-11-13-31-14-12-25/h1-8,20,27-28H,9-14H2/t20-/m0/s1. The summed E-state index contributed by atoms with van der Waals surface area (Å²) in [6.45, 7) is 3.77. The number of aliphatic hydroxyl groups is 1. The lowest BCUT2D eigenvalue weighted by Gasteiger charge is -2.31. The summed E-state index contributed by atoms with van der Waals surface area (Å²) < 4.78 is 6.21. The van der Waals surface area contributed by atoms with Gasteiger partial charge in [0.1, 0.15) is 11.5 Å². The lowest BCUT2D eigenvalue weighted by molar-refractivity contribution is -0.140. The van der Waals surface area contributed by atoms with E-state index in [1.807, 2.05) is 0 Å². The highest BCUT2D eigenvalue weighted by atomic mass is 79.9. The first-order chi connectivity index (χ1) is 15.0. The summed E-state index contributed by atoms with van der Waals surface area (Å²) in [6.07, 6.45) is 0. The van der Waals surface area contributed by atoms with Crippen molar-refractivity contribution >= 4 is 33.4 Å². The Morgan fingerprint density at radius 3 is 2.29 bits per heavy atom. The van der Waals surface area contributed by atoms with Crippen molar-refractivity contribution in [2.45, 2.75) is 6.04 Å². The Bertz CT molecular complexity index is 998. The van der Waals surface area contributed by atoms with Gasteiger partial charge in [0, 0.05) is 36.2 Å². The molecular formula is C23H23BrN2O5. The number of amides is 1. The number of ketones is 1. The van der Waals surface area contributed by atoms with E-state index in [-0.39, 0.29) is 17.1 Å². The van der Waals surface area contributed by atoms with Gasteiger partial charge in [-0.25, -0.2) is 0 Å². The van der Waals surface area contributed by atoms with Gasteiger partial charge in [-0.2, -0.15) is 0 Å². The number of phenols is 1. The smallest absolute Gasteiger partial charge is 0.295 e. The van der Waals surface area contributed by atoms with Crippen LogP contribution in [0.3, 0.4) is 0 Å². The topological polar surface area (TPSA) is 90.3 Å². The summed E-state index contributed by atoms with van der Waals surface area (Å²) in [5.41, 5.74) is 1.16. The van der Waals surface area contributed by atoms with E-state index in [0.29, 0.717) is 37.4 Å². The maximum Gasteiger partial charge on any atom is 0.295 e. The van der Waals surface area contributed by atoms with Crippen LogP contribution in [-0.4, -0.2) is 71.1 Å². The Morgan fingerprint density at radius 1 is 1.00 bits per heavy atom. The number of hydrogen-bond acceptors (Lipinski definition) is 6. The van der Waals surface area contributed by atoms with Gasteiger partial charge in [0.25, 0.3) is 11.7 Å². The predicted octanol–water partition coefficient (Wildman–Crippen LogP) is 2.91. The van der Waals surface area contributed by atoms with E-state index in [2.05, 4.69) is 20.8 Å². The fourth-order valence-electron chi connectivity index (χ4n) is 3.95. The molecule has 2 aromatic rings. The molecule has 0 aliphatic carbocycles. The van der Waals surface area contributed by atoms with Crippen molar-refractivity contribution in [3.63, 3.8) is 0 Å². The van der Waals surface area contributed by atoms with Crippen molar-refractivity contribution in [3.05, 3.63) is 69.7 Å². The molecule has 0 spiro atoms. The van der Waals surface area contributed by atoms with Crippen molar-refractivity contribution in [2.24, 2.45) is 0 Å². The fraction of sp³-hybridized carbons (Fsp3) is 0.304. The second kappa shape index (κ2) is 9.21. The van der Waals surface area contributed by atoms with Crippen LogP contribution in [0.1, 0.15) is 17.2 Å². The number of likely N-dealkylation sites (tertiary alicyclic amines) is 1. The summed E-state index contributed by atoms with van der Waals surface area (Å²) >= 11 is 3.36. The van der Waals surface area contributed by atoms with E-state index in [1.54, 1.807) is 36.4 Å². The summed E-state index contributed by atoms with van der Waals surface area (Å²) in [5, 5.41) is 20.7. The zero-order valence-electron chi connectivity index (χ0n) is 16.8. The van der Waals surface area contributed by atoms with E-state index in [1.165, 1.54) is 17.0 Å². The number of benzene rings is 2. The number of carbonyl (C=O) groups is 2. The van der Waals surface area contributed by atoms with E-state index < -0.39 is 17.7 Å². The monoisotopic (exact) mass is 486 g/mol. The number of phenolic OH excluding ortho intramolecular Hbond substituents is 1. The lowest BCUT2D eigenvalue weighted by atomic mass is 9.95. The lowest BCUT2D eigenvalue weighted by Crippen LogP contribution is -2.42. The molecule has 1 amide bonds. The molecule has 2 aromatic carbocycles. The number of aliphatic hydroxyl groups excluding tert-OH is 1. The second-order valence-electron chi connectivity index (χ2n) is 7.54. The van der Waals surface area contributed by atoms with Crippen LogP contribution in [0.15, 0.2) is 58.6 Å². The fourth-order valence-corrected chi connectivity index (χ4v) is 4.22. The van der Waals surface area contributed by atoms with Crippen LogP contribution in [0.5, 0.6) is 5.75 Å². The number of aromatic hydroxyl groups is 1. The number of ether oxygens (including phenoxy) is 1. The second-order valence-corrected chi connectivity index (χ2v) is 8.46. The van der Waals surface area contributed by atoms with Crippen LogP contribution in [-0.2, 0) is 14.3 Å². The Labute approximate surface area is 188 Å². The van der Waals surface area contributed by atoms with Gasteiger partial charge in [-0.15, -0.1) is 0 Å². The minimum atomic E-state index is -0.731. The number of rotatable bonds is 5. The molecule has 0 aromatic heterocycles. The van der Waals surface area contributed by atoms with Crippen LogP contribution < -0.4 is 0 Å². The number of hydrogen-bond donors (Lipinski definition) is 2. The van der Waals surface area contributed by atoms with Gasteiger partial charge in [-0.1, -0.05) is 40.2 Å². The number of Topliss-reactive ketones (excluding diaryl/α,β-unsaturated/α-hetero) is 1. The highest BCUT2D eigenvalue weighted by molar-refractivity contribution is 9.10. The Hall–Kier alpha value is -2.68. The molecule has 0 unspecified atom stereocenters. The molecule has 2 saturated heterocycles. The maximum atomic E-state index is 13.0. The summed E-state index contributed by atoms with van der Waals surface area (Å²) in [7, 11) is 0. The molecular weight excluding hydrogens is 464 g/mol. The van der Waals surface area contributed by atoms with Gasteiger partial charge in [-0.05, 0) is 29.8 Å². The Balaban J connectivity index is 1.72. The molecule has 7 nitrogen and oxygen atoms in total. The molecule has 0 bridgehead atoms. The van der Waals surface area contributed by atoms with Crippen molar-refractivity contribution in [2.75, 3.05) is 39.4 Å². The average molecular weight is 487 g/mol. The summed E-state index contributed by atoms with van der Waals surface area (Å²) in [4.78, 5) is 29.7. The number of halogens is 1. The SMILES string of the molecule is O=C1C(=O)N(CCN2CCOCC2)[C@@H](c2ccc(O)cc2)C1=C(O)c1ccc(Br)cc1. The quantitative estimate of drug-likeness (QED) is 0.383. The van der Waals surface area contributed by atoms with Crippen molar-refractivity contribution in [3.8, 4) is 5.75 Å². The predicted molar refractivity (Wildman–Crippen MR) is 119 cm³/mol. The van der Waals surface area contributed by atoms with Gasteiger partial charge in [0.15, 0.2) is 0 Å². The van der Waals surface area contributed by atoms with Gasteiger partial charge in [0.05, 0.1) is 24.8 Å². The van der Waals surface area contributed by atoms with Crippen molar-refractivity contribution in [1.82, 2.24) is 9.80 Å². The number of nitrogens with zero attached hydrogens (tertiary/aromatic N) is 2. The van der Waals surface area contributed by atoms with E-state index in [0.717, 1.165) is 17.6 Å². The largest absolute Gasteiger partial charge is 0.508 e. The molecule has 2 heterocycles. The Morgan fingerprint density at radius 2 is 1.65 bits per heavy atom. The molecule has 2 N–H and O–H groups in total. The minimum Gasteiger partial charge on any atom is -0.508 e. The molecule has 0 saturated carbocycles. The Kier molecular flexibility index (Phi) is 6.41. The van der Waals surface area contributed by atoms with Gasteiger partial charge in [0.2, 0.25) is 0 Å². The number of carbonyl (C=O) groups excluding carboxylic acids is 2. The van der Waals surface area contributed by atoms with Gasteiger partial charge < -0.3 is 19.8 Å². The molecule has 162 valence electrons. The zero-order chi connectivity index (χ0) is 22.0. The first kappa shape index (κ1) is 21.5. The number of morpholine rings is 1. The average Bonchev–Trinajstić information content (AvgIpc) is 3.04. The molecule has 4 rings (SSSR count). The van der Waals surface area contributed by atoms with Gasteiger partial charge in [-0.3, -0.25) is 14.5 Å². The molecule has 0 radical (unpaired) electrons. The van der Waals surface area contributed by atoms with E-state index >= 15 is 0 Å². The summed E-state index contributed by atoms with van der Waals surface area (Å²) in [5.74, 6) is -1.47. The first-order valence-corrected chi connectivity index (χ1v) is 10.9. The van der Waals surface area contributed by atoms with Crippen molar-refractivity contribution in [1.29, 1.82) is 0 Å². The molecule has 8 heteroatoms. The van der Waals surface area contributed by atoms with Crippen LogP contribution >= 0.6 is 15.9 Å². The van der Waals surface area contributed by atoms with Crippen LogP contribution in [0.2, 0.25) is 0 Å². The highest BCUT2D eigenvalue weighted by Gasteiger charge is 2.46. The van der Waals surface area contributed by atoms with E-state index in [9.17, 15) is 19.8 Å². The first-order valence-electron chi connectivity index (χ1n) is 10.1. The zero-order valence-corrected chi connectivity index (χ0v) is 18.4. The maximum absolute atomic E-state index is 13.0. The summed E-state index contributed by atoms with van der Waals surface area (Å²) in [6, 6.07) is 12.5. The molecule has 31 heavy (non-hydrogen) atoms. The van der Waals surface area contributed by atoms with Crippen LogP contribution in [0.25, 0.3) is 5.76 Å². The van der Waals surface area contributed by atoms with E-state index in [4.69, 9.17) is 4.74 Å². The molecule has 2 aliphatic heterocycles. The molecule has 1 atom stereocenters. The third kappa shape index (κ3) is 4.51. The van der Waals surface area contributed by atoms with Crippen molar-refractivity contribution < 1.29 is 24.5 Å². The van der Waals surface area contributed by atoms with Gasteiger partial charge >= 0.3 is 0 Å². The normalized spacial score (nSPS) is 21.6. The van der Waals surface area contributed by atoms with Crippen LogP contribution in [0, 0.1) is 0 Å². The molecule has 2 aliphatic rings. The highest BCUT2D eigenvalue weighted by Crippen LogP contribution is 2.39. The molecule has 2 fully saturated rings. The minimum absolute atomic E-state index is 0.0555.